The predicted molar refractivity (Wildman–Crippen MR) is 123 cm³/mol. The van der Waals surface area contributed by atoms with Crippen LogP contribution < -0.4 is 14.8 Å². The molecular weight excluding hydrogens is 426 g/mol. The molecule has 3 aromatic rings. The molecule has 1 unspecified atom stereocenters. The summed E-state index contributed by atoms with van der Waals surface area (Å²) in [6.07, 6.45) is 2.17. The quantitative estimate of drug-likeness (QED) is 0.399. The molecule has 0 aliphatic rings. The van der Waals surface area contributed by atoms with Crippen LogP contribution in [0.2, 0.25) is 0 Å². The van der Waals surface area contributed by atoms with E-state index in [4.69, 9.17) is 9.47 Å². The molecule has 0 amide bonds. The van der Waals surface area contributed by atoms with E-state index in [0.29, 0.717) is 12.6 Å². The number of nitrogens with one attached hydrogen (secondary N) is 1. The zero-order valence-corrected chi connectivity index (χ0v) is 18.6. The number of aryl methyl sites for hydroxylation is 1. The first-order valence-corrected chi connectivity index (χ1v) is 10.8. The molecule has 1 atom stereocenters. The fourth-order valence-corrected chi connectivity index (χ4v) is 3.60. The van der Waals surface area contributed by atoms with Gasteiger partial charge in [-0.1, -0.05) is 76.6 Å². The highest BCUT2D eigenvalue weighted by Crippen LogP contribution is 2.34. The van der Waals surface area contributed by atoms with Crippen LogP contribution in [0.4, 0.5) is 0 Å². The van der Waals surface area contributed by atoms with E-state index in [1.165, 1.54) is 5.56 Å². The maximum atomic E-state index is 5.99. The Hall–Kier alpha value is -2.30. The van der Waals surface area contributed by atoms with Gasteiger partial charge in [-0.3, -0.25) is 0 Å². The zero-order valence-electron chi connectivity index (χ0n) is 17.0. The average molecular weight is 454 g/mol. The lowest BCUT2D eigenvalue weighted by molar-refractivity contribution is 0.284. The third kappa shape index (κ3) is 6.62. The molecular formula is C25H28BrNO2. The Morgan fingerprint density at radius 1 is 0.897 bits per heavy atom. The van der Waals surface area contributed by atoms with E-state index in [1.807, 2.05) is 30.3 Å². The Labute approximate surface area is 182 Å². The van der Waals surface area contributed by atoms with Gasteiger partial charge in [0.25, 0.3) is 0 Å². The van der Waals surface area contributed by atoms with Crippen LogP contribution in [-0.2, 0) is 19.6 Å². The van der Waals surface area contributed by atoms with Crippen molar-refractivity contribution >= 4 is 15.9 Å². The molecule has 29 heavy (non-hydrogen) atoms. The summed E-state index contributed by atoms with van der Waals surface area (Å²) < 4.78 is 12.6. The third-order valence-electron chi connectivity index (χ3n) is 4.92. The molecule has 4 heteroatoms. The molecule has 0 saturated carbocycles. The second-order valence-electron chi connectivity index (χ2n) is 7.17. The van der Waals surface area contributed by atoms with Crippen LogP contribution in [0.1, 0.15) is 30.0 Å². The lowest BCUT2D eigenvalue weighted by atomic mass is 10.1. The van der Waals surface area contributed by atoms with Gasteiger partial charge in [0.15, 0.2) is 11.5 Å². The second-order valence-corrected chi connectivity index (χ2v) is 8.03. The normalized spacial score (nSPS) is 11.8. The highest BCUT2D eigenvalue weighted by molar-refractivity contribution is 9.10. The van der Waals surface area contributed by atoms with Crippen LogP contribution in [0.3, 0.4) is 0 Å². The van der Waals surface area contributed by atoms with Crippen LogP contribution in [-0.4, -0.2) is 13.2 Å². The molecule has 0 aromatic heterocycles. The minimum absolute atomic E-state index is 0.419. The van der Waals surface area contributed by atoms with E-state index in [0.717, 1.165) is 46.5 Å². The van der Waals surface area contributed by atoms with E-state index < -0.39 is 0 Å². The van der Waals surface area contributed by atoms with Crippen LogP contribution in [0, 0.1) is 0 Å². The number of benzene rings is 3. The van der Waals surface area contributed by atoms with Crippen LogP contribution in [0.5, 0.6) is 11.5 Å². The molecule has 3 rings (SSSR count). The number of hydrogen-bond acceptors (Lipinski definition) is 3. The van der Waals surface area contributed by atoms with E-state index in [2.05, 4.69) is 70.6 Å². The van der Waals surface area contributed by atoms with Crippen molar-refractivity contribution in [1.82, 2.24) is 5.32 Å². The summed E-state index contributed by atoms with van der Waals surface area (Å²) >= 11 is 3.69. The lowest BCUT2D eigenvalue weighted by Crippen LogP contribution is -2.26. The first kappa shape index (κ1) is 21.4. The molecule has 0 fully saturated rings. The molecule has 0 spiro atoms. The third-order valence-corrected chi connectivity index (χ3v) is 5.66. The summed E-state index contributed by atoms with van der Waals surface area (Å²) in [4.78, 5) is 0. The van der Waals surface area contributed by atoms with Crippen molar-refractivity contribution < 1.29 is 9.47 Å². The minimum Gasteiger partial charge on any atom is -0.493 e. The number of rotatable bonds is 10. The van der Waals surface area contributed by atoms with Crippen molar-refractivity contribution in [3.8, 4) is 11.5 Å². The molecule has 152 valence electrons. The van der Waals surface area contributed by atoms with Crippen molar-refractivity contribution in [1.29, 1.82) is 0 Å². The maximum absolute atomic E-state index is 5.99. The molecule has 0 heterocycles. The van der Waals surface area contributed by atoms with Crippen LogP contribution in [0.15, 0.2) is 77.3 Å². The van der Waals surface area contributed by atoms with Crippen molar-refractivity contribution in [3.63, 3.8) is 0 Å². The number of ether oxygens (including phenoxy) is 2. The first-order valence-electron chi connectivity index (χ1n) is 9.96. The number of hydrogen-bond donors (Lipinski definition) is 1. The van der Waals surface area contributed by atoms with Gasteiger partial charge in [-0.2, -0.15) is 0 Å². The largest absolute Gasteiger partial charge is 0.493 e. The number of halogens is 1. The average Bonchev–Trinajstić information content (AvgIpc) is 2.77. The molecule has 1 N–H and O–H groups in total. The van der Waals surface area contributed by atoms with Gasteiger partial charge in [-0.15, -0.1) is 0 Å². The van der Waals surface area contributed by atoms with Crippen LogP contribution in [0.25, 0.3) is 0 Å². The predicted octanol–water partition coefficient (Wildman–Crippen LogP) is 6.15. The van der Waals surface area contributed by atoms with Gasteiger partial charge < -0.3 is 14.8 Å². The number of methoxy groups -OCH3 is 1. The fourth-order valence-electron chi connectivity index (χ4n) is 3.13. The van der Waals surface area contributed by atoms with Crippen LogP contribution >= 0.6 is 15.9 Å². The Bertz CT molecular complexity index is 884. The molecule has 0 saturated heterocycles. The van der Waals surface area contributed by atoms with Gasteiger partial charge in [-0.25, -0.2) is 0 Å². The van der Waals surface area contributed by atoms with Gasteiger partial charge in [0.2, 0.25) is 0 Å². The van der Waals surface area contributed by atoms with Gasteiger partial charge in [0, 0.05) is 17.1 Å². The summed E-state index contributed by atoms with van der Waals surface area (Å²) in [5, 5.41) is 3.61. The summed E-state index contributed by atoms with van der Waals surface area (Å²) in [6, 6.07) is 25.2. The Morgan fingerprint density at radius 2 is 1.55 bits per heavy atom. The summed E-state index contributed by atoms with van der Waals surface area (Å²) in [7, 11) is 1.68. The molecule has 3 nitrogen and oxygen atoms in total. The highest BCUT2D eigenvalue weighted by atomic mass is 79.9. The highest BCUT2D eigenvalue weighted by Gasteiger charge is 2.12. The molecule has 0 aliphatic heterocycles. The Balaban J connectivity index is 1.56. The topological polar surface area (TPSA) is 30.5 Å². The SMILES string of the molecule is COc1cc(CNC(C)CCc2ccccc2)c(Br)cc1OCc1ccccc1. The Kier molecular flexibility index (Phi) is 8.14. The fraction of sp³-hybridized carbons (Fsp3) is 0.280. The van der Waals surface area contributed by atoms with E-state index in [1.54, 1.807) is 7.11 Å². The molecule has 0 radical (unpaired) electrons. The van der Waals surface area contributed by atoms with E-state index in [-0.39, 0.29) is 0 Å². The minimum atomic E-state index is 0.419. The first-order chi connectivity index (χ1) is 14.2. The van der Waals surface area contributed by atoms with Crippen molar-refractivity contribution in [2.24, 2.45) is 0 Å². The van der Waals surface area contributed by atoms with E-state index >= 15 is 0 Å². The standard InChI is InChI=1S/C25H28BrNO2/c1-19(13-14-20-9-5-3-6-10-20)27-17-22-15-24(28-2)25(16-23(22)26)29-18-21-11-7-4-8-12-21/h3-12,15-16,19,27H,13-14,17-18H2,1-2H3. The molecule has 0 bridgehead atoms. The van der Waals surface area contributed by atoms with Gasteiger partial charge in [0.05, 0.1) is 7.11 Å². The zero-order chi connectivity index (χ0) is 20.5. The van der Waals surface area contributed by atoms with Crippen molar-refractivity contribution in [2.75, 3.05) is 7.11 Å². The Morgan fingerprint density at radius 3 is 2.21 bits per heavy atom. The van der Waals surface area contributed by atoms with Gasteiger partial charge in [0.1, 0.15) is 6.61 Å². The van der Waals surface area contributed by atoms with Crippen molar-refractivity contribution in [2.45, 2.75) is 39.0 Å². The summed E-state index contributed by atoms with van der Waals surface area (Å²) in [6.45, 7) is 3.51. The smallest absolute Gasteiger partial charge is 0.162 e. The van der Waals surface area contributed by atoms with Crippen molar-refractivity contribution in [3.05, 3.63) is 94.0 Å². The second kappa shape index (κ2) is 11.0. The van der Waals surface area contributed by atoms with Gasteiger partial charge in [-0.05, 0) is 48.6 Å². The monoisotopic (exact) mass is 453 g/mol. The summed E-state index contributed by atoms with van der Waals surface area (Å²) in [5.41, 5.74) is 3.66. The molecule has 3 aromatic carbocycles. The molecule has 0 aliphatic carbocycles. The lowest BCUT2D eigenvalue weighted by Gasteiger charge is -2.17. The van der Waals surface area contributed by atoms with Gasteiger partial charge >= 0.3 is 0 Å². The summed E-state index contributed by atoms with van der Waals surface area (Å²) in [5.74, 6) is 1.49. The maximum Gasteiger partial charge on any atom is 0.162 e. The van der Waals surface area contributed by atoms with E-state index in [9.17, 15) is 0 Å².